The van der Waals surface area contributed by atoms with Crippen LogP contribution in [0, 0.1) is 0 Å². The summed E-state index contributed by atoms with van der Waals surface area (Å²) in [5.74, 6) is -0.316. The van der Waals surface area contributed by atoms with Crippen LogP contribution >= 0.6 is 11.3 Å². The molecular weight excluding hydrogens is 418 g/mol. The van der Waals surface area contributed by atoms with Crippen molar-refractivity contribution in [3.05, 3.63) is 66.2 Å². The first-order valence-electron chi connectivity index (χ1n) is 9.72. The number of sulfonamides is 1. The minimum Gasteiger partial charge on any atom is -0.298 e. The van der Waals surface area contributed by atoms with E-state index in [4.69, 9.17) is 0 Å². The van der Waals surface area contributed by atoms with E-state index in [1.165, 1.54) is 27.8 Å². The lowest BCUT2D eigenvalue weighted by molar-refractivity contribution is 0.102. The summed E-state index contributed by atoms with van der Waals surface area (Å²) in [5, 5.41) is 5.49. The summed E-state index contributed by atoms with van der Waals surface area (Å²) < 4.78 is 27.8. The predicted octanol–water partition coefficient (Wildman–Crippen LogP) is 4.49. The number of carbonyl (C=O) groups is 1. The van der Waals surface area contributed by atoms with Gasteiger partial charge in [-0.25, -0.2) is 13.4 Å². The van der Waals surface area contributed by atoms with Crippen LogP contribution in [0.4, 0.5) is 5.13 Å². The SMILES string of the molecule is O=C(Nc1nc2c(ccc3ccccc32)s1)c1ccc(S(=O)(=O)N2CCCC2)cc1. The van der Waals surface area contributed by atoms with Crippen molar-refractivity contribution in [2.45, 2.75) is 17.7 Å². The molecule has 30 heavy (non-hydrogen) atoms. The van der Waals surface area contributed by atoms with Gasteiger partial charge in [0.15, 0.2) is 5.13 Å². The zero-order chi connectivity index (χ0) is 20.7. The number of rotatable bonds is 4. The number of benzene rings is 3. The maximum atomic E-state index is 12.7. The highest BCUT2D eigenvalue weighted by atomic mass is 32.2. The molecular formula is C22H19N3O3S2. The number of nitrogens with zero attached hydrogens (tertiary/aromatic N) is 2. The molecule has 1 fully saturated rings. The van der Waals surface area contributed by atoms with Crippen molar-refractivity contribution in [3.8, 4) is 0 Å². The van der Waals surface area contributed by atoms with Crippen LogP contribution in [-0.2, 0) is 10.0 Å². The summed E-state index contributed by atoms with van der Waals surface area (Å²) in [5.41, 5.74) is 1.25. The highest BCUT2D eigenvalue weighted by molar-refractivity contribution is 7.89. The molecule has 0 unspecified atom stereocenters. The highest BCUT2D eigenvalue weighted by Gasteiger charge is 2.27. The number of aromatic nitrogens is 1. The first kappa shape index (κ1) is 19.2. The molecule has 8 heteroatoms. The van der Waals surface area contributed by atoms with E-state index in [2.05, 4.69) is 10.3 Å². The van der Waals surface area contributed by atoms with Gasteiger partial charge >= 0.3 is 0 Å². The van der Waals surface area contributed by atoms with Crippen LogP contribution in [0.2, 0.25) is 0 Å². The van der Waals surface area contributed by atoms with Crippen LogP contribution in [0.25, 0.3) is 21.0 Å². The number of thiazole rings is 1. The number of nitrogens with one attached hydrogen (secondary N) is 1. The summed E-state index contributed by atoms with van der Waals surface area (Å²) in [6, 6.07) is 18.1. The number of amides is 1. The van der Waals surface area contributed by atoms with Gasteiger partial charge in [-0.2, -0.15) is 4.31 Å². The Morgan fingerprint density at radius 3 is 2.47 bits per heavy atom. The van der Waals surface area contributed by atoms with E-state index in [0.29, 0.717) is 23.8 Å². The van der Waals surface area contributed by atoms with Crippen molar-refractivity contribution in [3.63, 3.8) is 0 Å². The second-order valence-electron chi connectivity index (χ2n) is 7.24. The van der Waals surface area contributed by atoms with Crippen molar-refractivity contribution in [2.24, 2.45) is 0 Å². The van der Waals surface area contributed by atoms with E-state index < -0.39 is 10.0 Å². The van der Waals surface area contributed by atoms with Gasteiger partial charge in [0.25, 0.3) is 5.91 Å². The third-order valence-corrected chi connectivity index (χ3v) is 8.17. The Labute approximate surface area is 178 Å². The van der Waals surface area contributed by atoms with E-state index in [1.54, 1.807) is 12.1 Å². The van der Waals surface area contributed by atoms with E-state index in [1.807, 2.05) is 36.4 Å². The number of hydrogen-bond acceptors (Lipinski definition) is 5. The third-order valence-electron chi connectivity index (χ3n) is 5.32. The largest absolute Gasteiger partial charge is 0.298 e. The second-order valence-corrected chi connectivity index (χ2v) is 10.2. The maximum Gasteiger partial charge on any atom is 0.257 e. The standard InChI is InChI=1S/C22H19N3O3S2/c26-21(16-7-10-17(11-8-16)30(27,28)25-13-3-4-14-25)24-22-23-20-18-6-2-1-5-15(18)9-12-19(20)29-22/h1-2,5-12H,3-4,13-14H2,(H,23,24,26). The third kappa shape index (κ3) is 3.36. The molecule has 0 spiro atoms. The lowest BCUT2D eigenvalue weighted by Crippen LogP contribution is -2.27. The molecule has 1 aliphatic heterocycles. The minimum absolute atomic E-state index is 0.215. The average Bonchev–Trinajstić information content (AvgIpc) is 3.44. The van der Waals surface area contributed by atoms with Crippen molar-refractivity contribution in [2.75, 3.05) is 18.4 Å². The Hall–Kier alpha value is -2.81. The first-order chi connectivity index (χ1) is 14.5. The van der Waals surface area contributed by atoms with Crippen LogP contribution in [0.1, 0.15) is 23.2 Å². The molecule has 0 bridgehead atoms. The Morgan fingerprint density at radius 2 is 1.70 bits per heavy atom. The van der Waals surface area contributed by atoms with Crippen LogP contribution in [0.3, 0.4) is 0 Å². The first-order valence-corrected chi connectivity index (χ1v) is 12.0. The summed E-state index contributed by atoms with van der Waals surface area (Å²) in [6.07, 6.45) is 1.77. The van der Waals surface area contributed by atoms with Crippen molar-refractivity contribution in [1.29, 1.82) is 0 Å². The molecule has 2 heterocycles. The monoisotopic (exact) mass is 437 g/mol. The van der Waals surface area contributed by atoms with Crippen molar-refractivity contribution >= 4 is 53.4 Å². The smallest absolute Gasteiger partial charge is 0.257 e. The van der Waals surface area contributed by atoms with Crippen LogP contribution in [-0.4, -0.2) is 36.7 Å². The topological polar surface area (TPSA) is 79.4 Å². The fourth-order valence-electron chi connectivity index (χ4n) is 3.74. The predicted molar refractivity (Wildman–Crippen MR) is 120 cm³/mol. The summed E-state index contributed by atoms with van der Waals surface area (Å²) >= 11 is 1.41. The fourth-order valence-corrected chi connectivity index (χ4v) is 6.13. The molecule has 1 amide bonds. The maximum absolute atomic E-state index is 12.7. The molecule has 0 radical (unpaired) electrons. The normalized spacial score (nSPS) is 15.1. The van der Waals surface area contributed by atoms with Crippen molar-refractivity contribution in [1.82, 2.24) is 9.29 Å². The quantitative estimate of drug-likeness (QED) is 0.510. The van der Waals surface area contributed by atoms with Gasteiger partial charge in [-0.15, -0.1) is 0 Å². The molecule has 6 nitrogen and oxygen atoms in total. The van der Waals surface area contributed by atoms with Gasteiger partial charge in [-0.3, -0.25) is 10.1 Å². The van der Waals surface area contributed by atoms with Gasteiger partial charge in [-0.05, 0) is 48.6 Å². The average molecular weight is 438 g/mol. The highest BCUT2D eigenvalue weighted by Crippen LogP contribution is 2.32. The van der Waals surface area contributed by atoms with E-state index >= 15 is 0 Å². The minimum atomic E-state index is -3.49. The van der Waals surface area contributed by atoms with E-state index in [0.717, 1.165) is 33.8 Å². The van der Waals surface area contributed by atoms with Crippen LogP contribution in [0.15, 0.2) is 65.6 Å². The number of fused-ring (bicyclic) bond motifs is 3. The molecule has 0 aliphatic carbocycles. The van der Waals surface area contributed by atoms with Gasteiger partial charge in [0, 0.05) is 24.0 Å². The Morgan fingerprint density at radius 1 is 0.967 bits per heavy atom. The lowest BCUT2D eigenvalue weighted by Gasteiger charge is -2.15. The molecule has 0 saturated carbocycles. The molecule has 1 saturated heterocycles. The molecule has 4 aromatic rings. The molecule has 3 aromatic carbocycles. The van der Waals surface area contributed by atoms with Gasteiger partial charge in [0.1, 0.15) is 0 Å². The summed E-state index contributed by atoms with van der Waals surface area (Å²) in [6.45, 7) is 1.10. The number of hydrogen-bond donors (Lipinski definition) is 1. The number of carbonyl (C=O) groups excluding carboxylic acids is 1. The van der Waals surface area contributed by atoms with Crippen molar-refractivity contribution < 1.29 is 13.2 Å². The molecule has 0 atom stereocenters. The van der Waals surface area contributed by atoms with Gasteiger partial charge in [0.05, 0.1) is 15.1 Å². The molecule has 1 aliphatic rings. The molecule has 1 aromatic heterocycles. The molecule has 1 N–H and O–H groups in total. The Bertz CT molecular complexity index is 1360. The summed E-state index contributed by atoms with van der Waals surface area (Å²) in [7, 11) is -3.49. The molecule has 152 valence electrons. The zero-order valence-electron chi connectivity index (χ0n) is 16.0. The Kier molecular flexibility index (Phi) is 4.77. The van der Waals surface area contributed by atoms with Gasteiger partial charge < -0.3 is 0 Å². The second kappa shape index (κ2) is 7.46. The van der Waals surface area contributed by atoms with Crippen LogP contribution < -0.4 is 5.32 Å². The lowest BCUT2D eigenvalue weighted by atomic mass is 10.1. The van der Waals surface area contributed by atoms with E-state index in [9.17, 15) is 13.2 Å². The summed E-state index contributed by atoms with van der Waals surface area (Å²) in [4.78, 5) is 17.5. The van der Waals surface area contributed by atoms with Gasteiger partial charge in [-0.1, -0.05) is 41.7 Å². The zero-order valence-corrected chi connectivity index (χ0v) is 17.7. The van der Waals surface area contributed by atoms with E-state index in [-0.39, 0.29) is 10.8 Å². The fraction of sp³-hybridized carbons (Fsp3) is 0.182. The Balaban J connectivity index is 1.38. The molecule has 5 rings (SSSR count). The van der Waals surface area contributed by atoms with Crippen LogP contribution in [0.5, 0.6) is 0 Å². The number of anilines is 1. The van der Waals surface area contributed by atoms with Gasteiger partial charge in [0.2, 0.25) is 10.0 Å².